The van der Waals surface area contributed by atoms with Crippen molar-refractivity contribution in [1.82, 2.24) is 25.6 Å². The summed E-state index contributed by atoms with van der Waals surface area (Å²) in [5, 5.41) is 48.5. The number of pyridine rings is 1. The number of nitrogens with one attached hydrogen (secondary N) is 3. The number of rotatable bonds is 12. The number of amides is 1. The minimum Gasteiger partial charge on any atom is -0.506 e. The number of hydrogen-bond acceptors (Lipinski definition) is 9. The summed E-state index contributed by atoms with van der Waals surface area (Å²) in [4.78, 5) is 47.9. The van der Waals surface area contributed by atoms with E-state index in [0.29, 0.717) is 40.0 Å². The molecule has 2 atom stereocenters. The lowest BCUT2D eigenvalue weighted by Crippen LogP contribution is -2.36. The second-order valence-corrected chi connectivity index (χ2v) is 11.7. The third kappa shape index (κ3) is 7.12. The quantitative estimate of drug-likeness (QED) is 0.101. The van der Waals surface area contributed by atoms with E-state index in [0.717, 1.165) is 5.56 Å². The van der Waals surface area contributed by atoms with Crippen LogP contribution >= 0.6 is 0 Å². The van der Waals surface area contributed by atoms with Gasteiger partial charge in [-0.1, -0.05) is 66.7 Å². The van der Waals surface area contributed by atoms with Gasteiger partial charge in [0.1, 0.15) is 11.6 Å². The van der Waals surface area contributed by atoms with E-state index in [1.54, 1.807) is 103 Å². The molecule has 6 aromatic rings. The van der Waals surface area contributed by atoms with E-state index in [1.807, 2.05) is 0 Å². The first kappa shape index (κ1) is 33.7. The maximum Gasteiger partial charge on any atom is 0.345 e. The molecular formula is C38H33N5O7. The number of aromatic hydroxyl groups is 1. The third-order valence-electron chi connectivity index (χ3n) is 8.38. The zero-order valence-electron chi connectivity index (χ0n) is 26.6. The molecule has 0 aliphatic heterocycles. The fourth-order valence-electron chi connectivity index (χ4n) is 5.66. The van der Waals surface area contributed by atoms with Crippen molar-refractivity contribution in [2.24, 2.45) is 0 Å². The number of phenolic OH excluding ortho intramolecular Hbond substituents is 1. The van der Waals surface area contributed by atoms with Gasteiger partial charge in [-0.3, -0.25) is 9.59 Å². The number of aromatic amines is 1. The molecule has 0 aliphatic carbocycles. The van der Waals surface area contributed by atoms with E-state index >= 15 is 0 Å². The highest BCUT2D eigenvalue weighted by Gasteiger charge is 2.40. The molecule has 0 saturated carbocycles. The summed E-state index contributed by atoms with van der Waals surface area (Å²) in [5.74, 6) is -1.41. The van der Waals surface area contributed by atoms with Crippen molar-refractivity contribution >= 4 is 22.8 Å². The number of carbonyl (C=O) groups is 2. The number of benzene rings is 4. The van der Waals surface area contributed by atoms with Crippen molar-refractivity contribution in [3.8, 4) is 16.9 Å². The van der Waals surface area contributed by atoms with Crippen LogP contribution in [0.25, 0.3) is 22.0 Å². The Hall–Kier alpha value is -6.21. The molecule has 1 amide bonds. The van der Waals surface area contributed by atoms with Gasteiger partial charge in [-0.05, 0) is 52.6 Å². The highest BCUT2D eigenvalue weighted by molar-refractivity contribution is 5.94. The van der Waals surface area contributed by atoms with Crippen LogP contribution in [0.5, 0.6) is 5.75 Å². The molecule has 6 rings (SSSR count). The maximum atomic E-state index is 12.8. The summed E-state index contributed by atoms with van der Waals surface area (Å²) < 4.78 is 0. The average molecular weight is 672 g/mol. The predicted octanol–water partition coefficient (Wildman–Crippen LogP) is 3.76. The molecule has 4 aromatic carbocycles. The number of aliphatic hydroxyl groups is 2. The molecule has 2 aromatic heterocycles. The molecule has 0 spiro atoms. The van der Waals surface area contributed by atoms with Gasteiger partial charge in [0, 0.05) is 53.6 Å². The molecule has 2 unspecified atom stereocenters. The van der Waals surface area contributed by atoms with Crippen LogP contribution in [-0.4, -0.2) is 53.8 Å². The Morgan fingerprint density at radius 2 is 1.54 bits per heavy atom. The molecule has 0 aliphatic rings. The van der Waals surface area contributed by atoms with E-state index in [2.05, 4.69) is 25.6 Å². The fourth-order valence-corrected chi connectivity index (χ4v) is 5.66. The van der Waals surface area contributed by atoms with Crippen molar-refractivity contribution in [3.63, 3.8) is 0 Å². The first-order valence-corrected chi connectivity index (χ1v) is 15.7. The van der Waals surface area contributed by atoms with Crippen LogP contribution in [0.2, 0.25) is 0 Å². The highest BCUT2D eigenvalue weighted by atomic mass is 16.4. The summed E-state index contributed by atoms with van der Waals surface area (Å²) in [6.07, 6.45) is 2.24. The van der Waals surface area contributed by atoms with Gasteiger partial charge in [-0.2, -0.15) is 0 Å². The number of carboxylic acids is 1. The molecule has 12 nitrogen and oxygen atoms in total. The van der Waals surface area contributed by atoms with E-state index in [4.69, 9.17) is 0 Å². The zero-order valence-corrected chi connectivity index (χ0v) is 26.6. The summed E-state index contributed by atoms with van der Waals surface area (Å²) >= 11 is 0. The Bertz CT molecular complexity index is 2210. The zero-order chi connectivity index (χ0) is 35.3. The van der Waals surface area contributed by atoms with Gasteiger partial charge in [0.15, 0.2) is 0 Å². The number of H-pyrrole nitrogens is 1. The lowest BCUT2D eigenvalue weighted by molar-refractivity contribution is -0.155. The van der Waals surface area contributed by atoms with Crippen LogP contribution in [0, 0.1) is 0 Å². The van der Waals surface area contributed by atoms with Crippen molar-refractivity contribution in [2.75, 3.05) is 6.54 Å². The molecule has 0 saturated heterocycles. The van der Waals surface area contributed by atoms with E-state index < -0.39 is 17.7 Å². The van der Waals surface area contributed by atoms with Gasteiger partial charge < -0.3 is 36.0 Å². The van der Waals surface area contributed by atoms with Gasteiger partial charge in [-0.25, -0.2) is 14.8 Å². The monoisotopic (exact) mass is 671 g/mol. The molecule has 7 N–H and O–H groups in total. The Balaban J connectivity index is 1.02. The Morgan fingerprint density at radius 1 is 0.820 bits per heavy atom. The molecule has 0 radical (unpaired) electrons. The minimum absolute atomic E-state index is 0.0757. The summed E-state index contributed by atoms with van der Waals surface area (Å²) in [6.45, 7) is 0.716. The van der Waals surface area contributed by atoms with Gasteiger partial charge >= 0.3 is 5.97 Å². The fraction of sp³-hybridized carbons (Fsp3) is 0.132. The van der Waals surface area contributed by atoms with Gasteiger partial charge in [0.05, 0.1) is 18.2 Å². The Morgan fingerprint density at radius 3 is 2.26 bits per heavy atom. The maximum absolute atomic E-state index is 12.8. The number of phenols is 1. The van der Waals surface area contributed by atoms with Crippen LogP contribution in [0.4, 0.5) is 0 Å². The number of aliphatic hydroxyl groups excluding tert-OH is 1. The average Bonchev–Trinajstić information content (AvgIpc) is 3.14. The van der Waals surface area contributed by atoms with Crippen molar-refractivity contribution < 1.29 is 30.0 Å². The number of carbonyl (C=O) groups excluding carboxylic acids is 1. The van der Waals surface area contributed by atoms with E-state index in [-0.39, 0.29) is 46.9 Å². The normalized spacial score (nSPS) is 13.0. The van der Waals surface area contributed by atoms with Crippen LogP contribution in [0.3, 0.4) is 0 Å². The summed E-state index contributed by atoms with van der Waals surface area (Å²) in [5.41, 5.74) is 1.21. The number of aromatic nitrogens is 3. The number of hydrogen-bond donors (Lipinski definition) is 7. The standard InChI is InChI=1S/C38H33N5O7/c44-31-15-13-29(30-14-16-34(46)43-35(30)31)32(45)21-39-18-23-9-11-24(12-10-23)36(47)42-22-33-40-19-26(20-41-33)25-5-4-8-28(17-25)38(50,37(48)49)27-6-2-1-3-7-27/h1-17,19-20,32,39,44-45,50H,18,21-22H2,(H,42,47)(H,43,46)(H,48,49). The van der Waals surface area contributed by atoms with Crippen LogP contribution in [0.1, 0.15) is 44.5 Å². The van der Waals surface area contributed by atoms with E-state index in [9.17, 15) is 34.8 Å². The largest absolute Gasteiger partial charge is 0.506 e. The number of fused-ring (bicyclic) bond motifs is 1. The van der Waals surface area contributed by atoms with Gasteiger partial charge in [0.2, 0.25) is 11.2 Å². The highest BCUT2D eigenvalue weighted by Crippen LogP contribution is 2.33. The minimum atomic E-state index is -2.24. The number of carboxylic acid groups (broad SMARTS) is 1. The second-order valence-electron chi connectivity index (χ2n) is 11.7. The first-order chi connectivity index (χ1) is 24.1. The van der Waals surface area contributed by atoms with Crippen LogP contribution in [0.15, 0.2) is 120 Å². The van der Waals surface area contributed by atoms with Gasteiger partial charge in [0.25, 0.3) is 5.91 Å². The SMILES string of the molecule is O=C(NCc1ncc(-c2cccc(C(O)(C(=O)O)c3ccccc3)c2)cn1)c1ccc(CNCC(O)c2ccc(O)c3[nH]c(=O)ccc23)cc1. The van der Waals surface area contributed by atoms with Crippen LogP contribution in [-0.2, 0) is 23.5 Å². The lowest BCUT2D eigenvalue weighted by atomic mass is 9.85. The van der Waals surface area contributed by atoms with Crippen molar-refractivity contribution in [1.29, 1.82) is 0 Å². The van der Waals surface area contributed by atoms with Crippen molar-refractivity contribution in [3.05, 3.63) is 160 Å². The molecule has 2 heterocycles. The molecule has 252 valence electrons. The molecular weight excluding hydrogens is 638 g/mol. The van der Waals surface area contributed by atoms with Gasteiger partial charge in [-0.15, -0.1) is 0 Å². The molecule has 12 heteroatoms. The smallest absolute Gasteiger partial charge is 0.345 e. The third-order valence-corrected chi connectivity index (χ3v) is 8.38. The first-order valence-electron chi connectivity index (χ1n) is 15.7. The topological polar surface area (TPSA) is 198 Å². The molecule has 0 fully saturated rings. The second kappa shape index (κ2) is 14.5. The van der Waals surface area contributed by atoms with Crippen LogP contribution < -0.4 is 16.2 Å². The summed E-state index contributed by atoms with van der Waals surface area (Å²) in [7, 11) is 0. The van der Waals surface area contributed by atoms with E-state index in [1.165, 1.54) is 12.1 Å². The van der Waals surface area contributed by atoms with Crippen molar-refractivity contribution in [2.45, 2.75) is 24.8 Å². The number of nitrogens with zero attached hydrogens (tertiary/aromatic N) is 2. The number of aliphatic carboxylic acids is 1. The lowest BCUT2D eigenvalue weighted by Gasteiger charge is -2.25. The molecule has 50 heavy (non-hydrogen) atoms. The molecule has 0 bridgehead atoms. The summed E-state index contributed by atoms with van der Waals surface area (Å²) in [6, 6.07) is 27.7. The predicted molar refractivity (Wildman–Crippen MR) is 185 cm³/mol. The Labute approximate surface area is 285 Å². The Kier molecular flexibility index (Phi) is 9.77.